The van der Waals surface area contributed by atoms with Crippen LogP contribution in [0.5, 0.6) is 0 Å². The van der Waals surface area contributed by atoms with Gasteiger partial charge in [-0.3, -0.25) is 0 Å². The predicted octanol–water partition coefficient (Wildman–Crippen LogP) is 2.28. The molecule has 0 saturated heterocycles. The predicted molar refractivity (Wildman–Crippen MR) is 67.5 cm³/mol. The molecule has 0 aliphatic carbocycles. The lowest BCUT2D eigenvalue weighted by molar-refractivity contribution is 0.318. The van der Waals surface area contributed by atoms with E-state index < -0.39 is 0 Å². The van der Waals surface area contributed by atoms with Crippen LogP contribution < -0.4 is 10.6 Å². The summed E-state index contributed by atoms with van der Waals surface area (Å²) in [5, 5.41) is 12.4. The van der Waals surface area contributed by atoms with Crippen molar-refractivity contribution in [2.75, 3.05) is 18.5 Å². The number of benzene rings is 1. The summed E-state index contributed by atoms with van der Waals surface area (Å²) in [7, 11) is 1.95. The van der Waals surface area contributed by atoms with Gasteiger partial charge in [0.05, 0.1) is 0 Å². The lowest BCUT2D eigenvalue weighted by Crippen LogP contribution is -2.23. The molecule has 0 heterocycles. The molecule has 0 unspecified atom stereocenters. The SMILES string of the molecule is CCCN(C)c1cc(Cl)ccc1C(N)=NO. The van der Waals surface area contributed by atoms with E-state index in [2.05, 4.69) is 12.1 Å². The van der Waals surface area contributed by atoms with Gasteiger partial charge in [-0.05, 0) is 24.6 Å². The van der Waals surface area contributed by atoms with Gasteiger partial charge in [-0.25, -0.2) is 0 Å². The molecule has 0 amide bonds. The van der Waals surface area contributed by atoms with Crippen LogP contribution in [0.15, 0.2) is 23.4 Å². The Balaban J connectivity index is 3.17. The summed E-state index contributed by atoms with van der Waals surface area (Å²) in [6.45, 7) is 2.97. The Kier molecular flexibility index (Phi) is 4.43. The first kappa shape index (κ1) is 12.6. The second kappa shape index (κ2) is 5.61. The van der Waals surface area contributed by atoms with Gasteiger partial charge in [0.25, 0.3) is 0 Å². The minimum absolute atomic E-state index is 0.0922. The second-order valence-corrected chi connectivity index (χ2v) is 4.00. The highest BCUT2D eigenvalue weighted by atomic mass is 35.5. The van der Waals surface area contributed by atoms with Crippen LogP contribution in [0.2, 0.25) is 5.02 Å². The van der Waals surface area contributed by atoms with E-state index in [9.17, 15) is 0 Å². The van der Waals surface area contributed by atoms with Crippen LogP contribution in [-0.2, 0) is 0 Å². The van der Waals surface area contributed by atoms with E-state index in [1.807, 2.05) is 18.0 Å². The number of rotatable bonds is 4. The summed E-state index contributed by atoms with van der Waals surface area (Å²) >= 11 is 5.94. The highest BCUT2D eigenvalue weighted by Gasteiger charge is 2.11. The van der Waals surface area contributed by atoms with E-state index in [1.54, 1.807) is 12.1 Å². The maximum Gasteiger partial charge on any atom is 0.172 e. The van der Waals surface area contributed by atoms with Crippen molar-refractivity contribution in [3.8, 4) is 0 Å². The van der Waals surface area contributed by atoms with Crippen molar-refractivity contribution in [2.24, 2.45) is 10.9 Å². The Labute approximate surface area is 100 Å². The number of halogens is 1. The monoisotopic (exact) mass is 241 g/mol. The quantitative estimate of drug-likeness (QED) is 0.368. The minimum Gasteiger partial charge on any atom is -0.409 e. The molecule has 0 radical (unpaired) electrons. The molecule has 16 heavy (non-hydrogen) atoms. The van der Waals surface area contributed by atoms with Gasteiger partial charge < -0.3 is 15.8 Å². The van der Waals surface area contributed by atoms with Crippen LogP contribution in [-0.4, -0.2) is 24.6 Å². The number of amidine groups is 1. The fourth-order valence-corrected chi connectivity index (χ4v) is 1.71. The molecule has 0 bridgehead atoms. The van der Waals surface area contributed by atoms with Crippen molar-refractivity contribution in [3.63, 3.8) is 0 Å². The zero-order valence-corrected chi connectivity index (χ0v) is 10.2. The average molecular weight is 242 g/mol. The molecule has 88 valence electrons. The number of nitrogens with two attached hydrogens (primary N) is 1. The van der Waals surface area contributed by atoms with Crippen molar-refractivity contribution in [2.45, 2.75) is 13.3 Å². The number of oxime groups is 1. The molecule has 1 aromatic rings. The summed E-state index contributed by atoms with van der Waals surface area (Å²) in [6, 6.07) is 5.28. The molecule has 4 nitrogen and oxygen atoms in total. The molecule has 0 aliphatic heterocycles. The highest BCUT2D eigenvalue weighted by molar-refractivity contribution is 6.31. The van der Waals surface area contributed by atoms with Crippen molar-refractivity contribution in [1.29, 1.82) is 0 Å². The summed E-state index contributed by atoms with van der Waals surface area (Å²) in [4.78, 5) is 2.03. The molecule has 0 aromatic heterocycles. The third-order valence-electron chi connectivity index (χ3n) is 2.31. The van der Waals surface area contributed by atoms with Gasteiger partial charge in [-0.15, -0.1) is 0 Å². The maximum atomic E-state index is 8.71. The lowest BCUT2D eigenvalue weighted by atomic mass is 10.1. The third kappa shape index (κ3) is 2.79. The van der Waals surface area contributed by atoms with Gasteiger partial charge in [-0.2, -0.15) is 0 Å². The first-order chi connectivity index (χ1) is 7.60. The van der Waals surface area contributed by atoms with Crippen LogP contribution >= 0.6 is 11.6 Å². The third-order valence-corrected chi connectivity index (χ3v) is 2.55. The smallest absolute Gasteiger partial charge is 0.172 e. The Bertz CT molecular complexity index is 393. The van der Waals surface area contributed by atoms with E-state index in [-0.39, 0.29) is 5.84 Å². The molecule has 0 saturated carbocycles. The summed E-state index contributed by atoms with van der Waals surface area (Å²) in [5.74, 6) is 0.0922. The van der Waals surface area contributed by atoms with Crippen molar-refractivity contribution in [1.82, 2.24) is 0 Å². The first-order valence-electron chi connectivity index (χ1n) is 5.08. The van der Waals surface area contributed by atoms with Crippen LogP contribution in [0.25, 0.3) is 0 Å². The molecule has 1 rings (SSSR count). The molecule has 3 N–H and O–H groups in total. The molecule has 0 spiro atoms. The zero-order valence-electron chi connectivity index (χ0n) is 9.44. The van der Waals surface area contributed by atoms with Crippen LogP contribution in [0.1, 0.15) is 18.9 Å². The second-order valence-electron chi connectivity index (χ2n) is 3.57. The Morgan fingerprint density at radius 3 is 2.81 bits per heavy atom. The molecule has 5 heteroatoms. The molecular formula is C11H16ClN3O. The summed E-state index contributed by atoms with van der Waals surface area (Å²) in [5.41, 5.74) is 7.16. The highest BCUT2D eigenvalue weighted by Crippen LogP contribution is 2.24. The number of anilines is 1. The van der Waals surface area contributed by atoms with E-state index in [0.29, 0.717) is 10.6 Å². The van der Waals surface area contributed by atoms with Gasteiger partial charge in [0.15, 0.2) is 5.84 Å². The van der Waals surface area contributed by atoms with Crippen molar-refractivity contribution < 1.29 is 5.21 Å². The van der Waals surface area contributed by atoms with Gasteiger partial charge in [0, 0.05) is 29.9 Å². The van der Waals surface area contributed by atoms with Crippen LogP contribution in [0.3, 0.4) is 0 Å². The van der Waals surface area contributed by atoms with Crippen LogP contribution in [0.4, 0.5) is 5.69 Å². The Morgan fingerprint density at radius 1 is 1.56 bits per heavy atom. The summed E-state index contributed by atoms with van der Waals surface area (Å²) in [6.07, 6.45) is 1.01. The number of nitrogens with zero attached hydrogens (tertiary/aromatic N) is 2. The van der Waals surface area contributed by atoms with Crippen molar-refractivity contribution in [3.05, 3.63) is 28.8 Å². The van der Waals surface area contributed by atoms with Crippen molar-refractivity contribution >= 4 is 23.1 Å². The van der Waals surface area contributed by atoms with E-state index >= 15 is 0 Å². The minimum atomic E-state index is 0.0922. The fraction of sp³-hybridized carbons (Fsp3) is 0.364. The molecular weight excluding hydrogens is 226 g/mol. The van der Waals surface area contributed by atoms with Gasteiger partial charge >= 0.3 is 0 Å². The molecule has 0 atom stereocenters. The van der Waals surface area contributed by atoms with E-state index in [4.69, 9.17) is 22.5 Å². The number of hydrogen-bond acceptors (Lipinski definition) is 3. The topological polar surface area (TPSA) is 61.8 Å². The largest absolute Gasteiger partial charge is 0.409 e. The van der Waals surface area contributed by atoms with E-state index in [0.717, 1.165) is 18.7 Å². The fourth-order valence-electron chi connectivity index (χ4n) is 1.55. The maximum absolute atomic E-state index is 8.71. The average Bonchev–Trinajstić information content (AvgIpc) is 2.28. The Morgan fingerprint density at radius 2 is 2.25 bits per heavy atom. The lowest BCUT2D eigenvalue weighted by Gasteiger charge is -2.21. The van der Waals surface area contributed by atoms with E-state index in [1.165, 1.54) is 0 Å². The van der Waals surface area contributed by atoms with Gasteiger partial charge in [0.1, 0.15) is 0 Å². The van der Waals surface area contributed by atoms with Crippen LogP contribution in [0, 0.1) is 0 Å². The first-order valence-corrected chi connectivity index (χ1v) is 5.46. The normalized spacial score (nSPS) is 11.6. The zero-order chi connectivity index (χ0) is 12.1. The molecule has 0 fully saturated rings. The standard InChI is InChI=1S/C11H16ClN3O/c1-3-6-15(2)10-7-8(12)4-5-9(10)11(13)14-16/h4-5,7,16H,3,6H2,1-2H3,(H2,13,14). The van der Waals surface area contributed by atoms with Gasteiger partial charge in [0.2, 0.25) is 0 Å². The summed E-state index contributed by atoms with van der Waals surface area (Å²) < 4.78 is 0. The molecule has 1 aromatic carbocycles. The Hall–Kier alpha value is -1.42. The number of hydrogen-bond donors (Lipinski definition) is 2. The van der Waals surface area contributed by atoms with Gasteiger partial charge in [-0.1, -0.05) is 23.7 Å². The molecule has 0 aliphatic rings.